The monoisotopic (exact) mass is 446 g/mol. The molecule has 0 saturated carbocycles. The van der Waals surface area contributed by atoms with Crippen molar-refractivity contribution in [2.45, 2.75) is 56.9 Å². The second-order valence-electron chi connectivity index (χ2n) is 8.69. The van der Waals surface area contributed by atoms with E-state index < -0.39 is 0 Å². The smallest absolute Gasteiger partial charge is 0.321 e. The Bertz CT molecular complexity index is 774. The van der Waals surface area contributed by atoms with Crippen LogP contribution in [0.15, 0.2) is 29.3 Å². The van der Waals surface area contributed by atoms with Gasteiger partial charge < -0.3 is 20.7 Å². The van der Waals surface area contributed by atoms with Crippen LogP contribution >= 0.6 is 11.3 Å². The number of hydrogen-bond acceptors (Lipinski definition) is 4. The predicted molar refractivity (Wildman–Crippen MR) is 122 cm³/mol. The molecule has 4 amide bonds. The minimum absolute atomic E-state index is 0.00107. The summed E-state index contributed by atoms with van der Waals surface area (Å²) in [4.78, 5) is 28.3. The second-order valence-corrected chi connectivity index (χ2v) is 9.64. The first-order chi connectivity index (χ1) is 15.2. The van der Waals surface area contributed by atoms with Crippen LogP contribution in [0.2, 0.25) is 0 Å². The third-order valence-corrected chi connectivity index (χ3v) is 7.70. The third kappa shape index (κ3) is 5.41. The van der Waals surface area contributed by atoms with Crippen LogP contribution in [0.3, 0.4) is 0 Å². The van der Waals surface area contributed by atoms with E-state index in [4.69, 9.17) is 4.74 Å². The molecule has 1 atom stereocenters. The minimum atomic E-state index is -0.344. The Morgan fingerprint density at radius 1 is 1.16 bits per heavy atom. The standard InChI is InChI=1S/C23H34N4O3S/c28-21(26-23(10-15-30-16-11-23)20-9-4-17-31-20)24-12-5-13-25-22(29)27-14-3-7-18-6-1-2-8-19(18)27/h4,8-9,17-18H,1-3,5-7,10-16H2,(H,25,29)(H2,24,26,28). The van der Waals surface area contributed by atoms with Crippen molar-refractivity contribution in [3.8, 4) is 0 Å². The molecule has 31 heavy (non-hydrogen) atoms. The number of allylic oxidation sites excluding steroid dienone is 2. The summed E-state index contributed by atoms with van der Waals surface area (Å²) in [6.45, 7) is 3.19. The van der Waals surface area contributed by atoms with Crippen molar-refractivity contribution in [2.75, 3.05) is 32.8 Å². The predicted octanol–water partition coefficient (Wildman–Crippen LogP) is 3.93. The lowest BCUT2D eigenvalue weighted by molar-refractivity contribution is 0.0423. The van der Waals surface area contributed by atoms with E-state index in [1.807, 2.05) is 16.3 Å². The van der Waals surface area contributed by atoms with E-state index in [2.05, 4.69) is 28.1 Å². The molecule has 8 heteroatoms. The van der Waals surface area contributed by atoms with Gasteiger partial charge in [-0.2, -0.15) is 0 Å². The second kappa shape index (κ2) is 10.5. The molecule has 0 aromatic carbocycles. The Kier molecular flexibility index (Phi) is 7.50. The number of ether oxygens (including phenoxy) is 1. The van der Waals surface area contributed by atoms with Crippen LogP contribution in [-0.2, 0) is 10.3 Å². The molecule has 0 bridgehead atoms. The van der Waals surface area contributed by atoms with Gasteiger partial charge in [-0.1, -0.05) is 12.1 Å². The summed E-state index contributed by atoms with van der Waals surface area (Å²) in [5, 5.41) is 11.2. The first-order valence-electron chi connectivity index (χ1n) is 11.6. The highest BCUT2D eigenvalue weighted by Gasteiger charge is 2.37. The van der Waals surface area contributed by atoms with Crippen LogP contribution < -0.4 is 16.0 Å². The van der Waals surface area contributed by atoms with Crippen LogP contribution in [-0.4, -0.2) is 49.8 Å². The largest absolute Gasteiger partial charge is 0.381 e. The molecule has 2 fully saturated rings. The van der Waals surface area contributed by atoms with Crippen LogP contribution in [0.1, 0.15) is 56.2 Å². The highest BCUT2D eigenvalue weighted by molar-refractivity contribution is 7.10. The Balaban J connectivity index is 1.19. The van der Waals surface area contributed by atoms with Crippen molar-refractivity contribution >= 4 is 23.4 Å². The fourth-order valence-electron chi connectivity index (χ4n) is 4.94. The van der Waals surface area contributed by atoms with E-state index in [0.717, 1.165) is 32.2 Å². The Morgan fingerprint density at radius 2 is 1.97 bits per heavy atom. The van der Waals surface area contributed by atoms with Crippen molar-refractivity contribution in [1.29, 1.82) is 0 Å². The SMILES string of the molecule is O=C(NCCCNC(=O)N1CCCC2CCCC=C21)NC1(c2cccs2)CCOCC1. The zero-order chi connectivity index (χ0) is 21.5. The Hall–Kier alpha value is -2.06. The van der Waals surface area contributed by atoms with E-state index in [9.17, 15) is 9.59 Å². The van der Waals surface area contributed by atoms with E-state index in [0.29, 0.717) is 38.6 Å². The van der Waals surface area contributed by atoms with Gasteiger partial charge in [0.2, 0.25) is 0 Å². The molecule has 2 aliphatic heterocycles. The summed E-state index contributed by atoms with van der Waals surface area (Å²) in [5.41, 5.74) is 0.881. The number of nitrogens with one attached hydrogen (secondary N) is 3. The average Bonchev–Trinajstić information content (AvgIpc) is 3.35. The number of hydrogen-bond donors (Lipinski definition) is 3. The minimum Gasteiger partial charge on any atom is -0.381 e. The number of nitrogens with zero attached hydrogens (tertiary/aromatic N) is 1. The molecule has 1 aliphatic carbocycles. The normalized spacial score (nSPS) is 22.8. The Morgan fingerprint density at radius 3 is 2.77 bits per heavy atom. The van der Waals surface area contributed by atoms with Gasteiger partial charge in [0.1, 0.15) is 0 Å². The lowest BCUT2D eigenvalue weighted by Gasteiger charge is -2.38. The molecule has 0 spiro atoms. The third-order valence-electron chi connectivity index (χ3n) is 6.63. The number of piperidine rings is 1. The lowest BCUT2D eigenvalue weighted by Crippen LogP contribution is -2.52. The Labute approximate surface area is 188 Å². The highest BCUT2D eigenvalue weighted by atomic mass is 32.1. The van der Waals surface area contributed by atoms with Crippen LogP contribution in [0.4, 0.5) is 9.59 Å². The molecular weight excluding hydrogens is 412 g/mol. The molecule has 4 rings (SSSR count). The molecule has 3 heterocycles. The lowest BCUT2D eigenvalue weighted by atomic mass is 9.85. The van der Waals surface area contributed by atoms with Gasteiger partial charge in [-0.15, -0.1) is 11.3 Å². The molecule has 1 unspecified atom stereocenters. The van der Waals surface area contributed by atoms with E-state index in [-0.39, 0.29) is 17.6 Å². The molecule has 1 aromatic rings. The molecule has 0 radical (unpaired) electrons. The van der Waals surface area contributed by atoms with Crippen LogP contribution in [0, 0.1) is 5.92 Å². The van der Waals surface area contributed by atoms with Gasteiger partial charge in [-0.25, -0.2) is 9.59 Å². The number of thiophene rings is 1. The molecular formula is C23H34N4O3S. The summed E-state index contributed by atoms with van der Waals surface area (Å²) in [6, 6.07) is 3.94. The van der Waals surface area contributed by atoms with Crippen molar-refractivity contribution in [2.24, 2.45) is 5.92 Å². The molecule has 3 aliphatic rings. The molecule has 170 valence electrons. The number of urea groups is 2. The first-order valence-corrected chi connectivity index (χ1v) is 12.5. The van der Waals surface area contributed by atoms with Crippen molar-refractivity contribution in [3.05, 3.63) is 34.2 Å². The van der Waals surface area contributed by atoms with E-state index >= 15 is 0 Å². The van der Waals surface area contributed by atoms with Crippen molar-refractivity contribution in [1.82, 2.24) is 20.9 Å². The van der Waals surface area contributed by atoms with Gasteiger partial charge in [0.15, 0.2) is 0 Å². The van der Waals surface area contributed by atoms with Gasteiger partial charge in [0, 0.05) is 43.4 Å². The summed E-state index contributed by atoms with van der Waals surface area (Å²) < 4.78 is 5.51. The van der Waals surface area contributed by atoms with Gasteiger partial charge in [0.25, 0.3) is 0 Å². The first kappa shape index (κ1) is 22.1. The highest BCUT2D eigenvalue weighted by Crippen LogP contribution is 2.35. The summed E-state index contributed by atoms with van der Waals surface area (Å²) in [7, 11) is 0. The zero-order valence-electron chi connectivity index (χ0n) is 18.2. The van der Waals surface area contributed by atoms with Gasteiger partial charge in [-0.3, -0.25) is 4.90 Å². The molecule has 3 N–H and O–H groups in total. The topological polar surface area (TPSA) is 82.7 Å². The van der Waals surface area contributed by atoms with Gasteiger partial charge in [-0.05, 0) is 68.7 Å². The van der Waals surface area contributed by atoms with Gasteiger partial charge >= 0.3 is 12.1 Å². The summed E-state index contributed by atoms with van der Waals surface area (Å²) in [6.07, 6.45) is 10.3. The number of likely N-dealkylation sites (tertiary alicyclic amines) is 1. The molecule has 1 aromatic heterocycles. The zero-order valence-corrected chi connectivity index (χ0v) is 19.0. The number of fused-ring (bicyclic) bond motifs is 1. The maximum atomic E-state index is 12.6. The van der Waals surface area contributed by atoms with Crippen LogP contribution in [0.5, 0.6) is 0 Å². The fourth-order valence-corrected chi connectivity index (χ4v) is 5.88. The fraction of sp³-hybridized carbons (Fsp3) is 0.652. The summed E-state index contributed by atoms with van der Waals surface area (Å²) >= 11 is 1.67. The number of carbonyl (C=O) groups excluding carboxylic acids is 2. The van der Waals surface area contributed by atoms with E-state index in [1.54, 1.807) is 11.3 Å². The number of carbonyl (C=O) groups is 2. The summed E-state index contributed by atoms with van der Waals surface area (Å²) in [5.74, 6) is 0.555. The maximum Gasteiger partial charge on any atom is 0.321 e. The molecule has 2 saturated heterocycles. The van der Waals surface area contributed by atoms with Crippen molar-refractivity contribution in [3.63, 3.8) is 0 Å². The van der Waals surface area contributed by atoms with Gasteiger partial charge in [0.05, 0.1) is 5.54 Å². The van der Waals surface area contributed by atoms with E-state index in [1.165, 1.54) is 29.8 Å². The average molecular weight is 447 g/mol. The number of rotatable bonds is 6. The van der Waals surface area contributed by atoms with Crippen molar-refractivity contribution < 1.29 is 14.3 Å². The maximum absolute atomic E-state index is 12.6. The quantitative estimate of drug-likeness (QED) is 0.579. The number of amides is 4. The van der Waals surface area contributed by atoms with Crippen LogP contribution in [0.25, 0.3) is 0 Å². The molecule has 7 nitrogen and oxygen atoms in total.